The third-order valence-corrected chi connectivity index (χ3v) is 2.86. The van der Waals surface area contributed by atoms with Gasteiger partial charge in [0.1, 0.15) is 0 Å². The zero-order valence-corrected chi connectivity index (χ0v) is 9.88. The summed E-state index contributed by atoms with van der Waals surface area (Å²) < 4.78 is 2.09. The molecule has 3 heteroatoms. The third-order valence-electron chi connectivity index (χ3n) is 2.86. The van der Waals surface area contributed by atoms with Crippen LogP contribution in [-0.4, -0.2) is 14.4 Å². The van der Waals surface area contributed by atoms with Crippen LogP contribution in [-0.2, 0) is 0 Å². The van der Waals surface area contributed by atoms with Crippen LogP contribution in [0.5, 0.6) is 0 Å². The molecule has 0 N–H and O–H groups in total. The largest absolute Gasteiger partial charge is 0.281 e. The molecule has 3 nitrogen and oxygen atoms in total. The lowest BCUT2D eigenvalue weighted by molar-refractivity contribution is 1.02. The number of nitrogens with zero attached hydrogens (tertiary/aromatic N) is 3. The van der Waals surface area contributed by atoms with Crippen LogP contribution in [0.1, 0.15) is 11.4 Å². The summed E-state index contributed by atoms with van der Waals surface area (Å²) in [5, 5.41) is 0. The van der Waals surface area contributed by atoms with E-state index in [1.165, 1.54) is 0 Å². The van der Waals surface area contributed by atoms with Crippen LogP contribution in [0.3, 0.4) is 0 Å². The van der Waals surface area contributed by atoms with Crippen LogP contribution in [0.15, 0.2) is 42.6 Å². The van der Waals surface area contributed by atoms with Gasteiger partial charge in [0.2, 0.25) is 5.78 Å². The molecule has 0 spiro atoms. The molecular weight excluding hydrogens is 210 g/mol. The lowest BCUT2D eigenvalue weighted by Gasteiger charge is -2.05. The Morgan fingerprint density at radius 3 is 2.59 bits per heavy atom. The van der Waals surface area contributed by atoms with Crippen LogP contribution < -0.4 is 0 Å². The molecule has 0 aliphatic carbocycles. The Kier molecular flexibility index (Phi) is 2.18. The number of imidazole rings is 1. The maximum Gasteiger partial charge on any atom is 0.234 e. The Balaban J connectivity index is 2.32. The van der Waals surface area contributed by atoms with E-state index in [2.05, 4.69) is 39.5 Å². The minimum Gasteiger partial charge on any atom is -0.281 e. The number of rotatable bonds is 1. The first-order valence-electron chi connectivity index (χ1n) is 5.63. The first-order chi connectivity index (χ1) is 8.25. The molecule has 17 heavy (non-hydrogen) atoms. The van der Waals surface area contributed by atoms with Gasteiger partial charge in [-0.2, -0.15) is 0 Å². The minimum atomic E-state index is 0.765. The number of benzene rings is 1. The van der Waals surface area contributed by atoms with Gasteiger partial charge in [0.15, 0.2) is 0 Å². The van der Waals surface area contributed by atoms with Crippen molar-refractivity contribution in [3.8, 4) is 11.3 Å². The monoisotopic (exact) mass is 223 g/mol. The summed E-state index contributed by atoms with van der Waals surface area (Å²) in [5.74, 6) is 0.765. The molecule has 0 amide bonds. The summed E-state index contributed by atoms with van der Waals surface area (Å²) in [6.07, 6.45) is 1.88. The average molecular weight is 223 g/mol. The van der Waals surface area contributed by atoms with Crippen molar-refractivity contribution in [3.05, 3.63) is 54.0 Å². The van der Waals surface area contributed by atoms with Crippen molar-refractivity contribution in [3.63, 3.8) is 0 Å². The molecule has 84 valence electrons. The average Bonchev–Trinajstić information content (AvgIpc) is 2.74. The smallest absolute Gasteiger partial charge is 0.234 e. The van der Waals surface area contributed by atoms with Gasteiger partial charge in [-0.15, -0.1) is 0 Å². The van der Waals surface area contributed by atoms with Crippen molar-refractivity contribution < 1.29 is 0 Å². The quantitative estimate of drug-likeness (QED) is 0.634. The third kappa shape index (κ3) is 1.60. The highest BCUT2D eigenvalue weighted by atomic mass is 15.1. The topological polar surface area (TPSA) is 30.2 Å². The zero-order chi connectivity index (χ0) is 11.8. The van der Waals surface area contributed by atoms with Gasteiger partial charge in [-0.05, 0) is 19.9 Å². The summed E-state index contributed by atoms with van der Waals surface area (Å²) >= 11 is 0. The van der Waals surface area contributed by atoms with Crippen molar-refractivity contribution in [2.45, 2.75) is 13.8 Å². The lowest BCUT2D eigenvalue weighted by Crippen LogP contribution is -1.97. The van der Waals surface area contributed by atoms with E-state index in [1.54, 1.807) is 0 Å². The van der Waals surface area contributed by atoms with Gasteiger partial charge in [-0.1, -0.05) is 30.3 Å². The van der Waals surface area contributed by atoms with Crippen LogP contribution in [0.25, 0.3) is 17.0 Å². The summed E-state index contributed by atoms with van der Waals surface area (Å²) in [7, 11) is 0. The molecule has 1 aromatic carbocycles. The van der Waals surface area contributed by atoms with Crippen molar-refractivity contribution in [1.29, 1.82) is 0 Å². The molecule has 0 bridgehead atoms. The maximum absolute atomic E-state index is 4.43. The Bertz CT molecular complexity index is 669. The zero-order valence-electron chi connectivity index (χ0n) is 9.88. The van der Waals surface area contributed by atoms with E-state index < -0.39 is 0 Å². The molecule has 3 rings (SSSR count). The van der Waals surface area contributed by atoms with E-state index in [1.807, 2.05) is 31.3 Å². The molecule has 0 aliphatic heterocycles. The molecule has 0 radical (unpaired) electrons. The van der Waals surface area contributed by atoms with E-state index in [0.29, 0.717) is 0 Å². The fraction of sp³-hybridized carbons (Fsp3) is 0.143. The van der Waals surface area contributed by atoms with Crippen molar-refractivity contribution in [1.82, 2.24) is 14.4 Å². The number of hydrogen-bond acceptors (Lipinski definition) is 2. The van der Waals surface area contributed by atoms with E-state index >= 15 is 0 Å². The van der Waals surface area contributed by atoms with Gasteiger partial charge >= 0.3 is 0 Å². The van der Waals surface area contributed by atoms with E-state index in [9.17, 15) is 0 Å². The second kappa shape index (κ2) is 3.70. The van der Waals surface area contributed by atoms with Crippen molar-refractivity contribution >= 4 is 5.78 Å². The number of aryl methyl sites for hydroxylation is 2. The highest BCUT2D eigenvalue weighted by Crippen LogP contribution is 2.21. The molecule has 0 aliphatic rings. The predicted octanol–water partition coefficient (Wildman–Crippen LogP) is 3.01. The van der Waals surface area contributed by atoms with Crippen LogP contribution >= 0.6 is 0 Å². The Labute approximate surface area is 99.8 Å². The Morgan fingerprint density at radius 1 is 1.06 bits per heavy atom. The second-order valence-corrected chi connectivity index (χ2v) is 4.18. The van der Waals surface area contributed by atoms with Gasteiger partial charge in [0.05, 0.1) is 11.9 Å². The van der Waals surface area contributed by atoms with Crippen molar-refractivity contribution in [2.24, 2.45) is 0 Å². The molecule has 0 unspecified atom stereocenters. The normalized spacial score (nSPS) is 10.9. The molecule has 2 aromatic heterocycles. The summed E-state index contributed by atoms with van der Waals surface area (Å²) in [5.41, 5.74) is 4.41. The first kappa shape index (κ1) is 10.0. The molecule has 0 saturated heterocycles. The van der Waals surface area contributed by atoms with Gasteiger partial charge in [-0.25, -0.2) is 9.97 Å². The van der Waals surface area contributed by atoms with E-state index in [-0.39, 0.29) is 0 Å². The van der Waals surface area contributed by atoms with Crippen LogP contribution in [0.4, 0.5) is 0 Å². The fourth-order valence-corrected chi connectivity index (χ4v) is 2.14. The van der Waals surface area contributed by atoms with Gasteiger partial charge in [0.25, 0.3) is 0 Å². The molecule has 0 atom stereocenters. The van der Waals surface area contributed by atoms with Crippen LogP contribution in [0.2, 0.25) is 0 Å². The Hall–Kier alpha value is -2.16. The van der Waals surface area contributed by atoms with Gasteiger partial charge in [0, 0.05) is 17.0 Å². The predicted molar refractivity (Wildman–Crippen MR) is 67.9 cm³/mol. The lowest BCUT2D eigenvalue weighted by atomic mass is 10.2. The Morgan fingerprint density at radius 2 is 1.82 bits per heavy atom. The molecule has 0 fully saturated rings. The number of aromatic nitrogens is 3. The number of fused-ring (bicyclic) bond motifs is 1. The molecular formula is C14H13N3. The van der Waals surface area contributed by atoms with Gasteiger partial charge < -0.3 is 0 Å². The minimum absolute atomic E-state index is 0.765. The standard InChI is InChI=1S/C14H13N3/c1-10-8-11(2)17-13(9-15-14(17)16-10)12-6-4-3-5-7-12/h3-9H,1-2H3. The summed E-state index contributed by atoms with van der Waals surface area (Å²) in [4.78, 5) is 8.80. The highest BCUT2D eigenvalue weighted by molar-refractivity contribution is 5.62. The maximum atomic E-state index is 4.43. The first-order valence-corrected chi connectivity index (χ1v) is 5.63. The molecule has 2 heterocycles. The second-order valence-electron chi connectivity index (χ2n) is 4.18. The summed E-state index contributed by atoms with van der Waals surface area (Å²) in [6, 6.07) is 12.3. The van der Waals surface area contributed by atoms with Gasteiger partial charge in [-0.3, -0.25) is 4.40 Å². The summed E-state index contributed by atoms with van der Waals surface area (Å²) in [6.45, 7) is 4.07. The fourth-order valence-electron chi connectivity index (χ4n) is 2.14. The molecule has 3 aromatic rings. The molecule has 0 saturated carbocycles. The van der Waals surface area contributed by atoms with Crippen molar-refractivity contribution in [2.75, 3.05) is 0 Å². The highest BCUT2D eigenvalue weighted by Gasteiger charge is 2.08. The van der Waals surface area contributed by atoms with Crippen LogP contribution in [0, 0.1) is 13.8 Å². The number of hydrogen-bond donors (Lipinski definition) is 0. The van der Waals surface area contributed by atoms with E-state index in [4.69, 9.17) is 0 Å². The SMILES string of the molecule is Cc1cc(C)n2c(-c3ccccc3)cnc2n1. The van der Waals surface area contributed by atoms with E-state index in [0.717, 1.165) is 28.4 Å².